The van der Waals surface area contributed by atoms with Crippen LogP contribution in [0.15, 0.2) is 23.2 Å². The lowest BCUT2D eigenvalue weighted by molar-refractivity contribution is -0.132. The summed E-state index contributed by atoms with van der Waals surface area (Å²) in [5, 5.41) is 2.62. The molecule has 1 aromatic rings. The van der Waals surface area contributed by atoms with Crippen LogP contribution in [0.2, 0.25) is 0 Å². The third kappa shape index (κ3) is 7.71. The number of halogens is 5. The first kappa shape index (κ1) is 21.7. The molecular formula is C14H20F4IN3O. The number of nitrogens with one attached hydrogen (secondary N) is 1. The Morgan fingerprint density at radius 3 is 2.48 bits per heavy atom. The number of hydrogen-bond acceptors (Lipinski definition) is 2. The maximum atomic E-state index is 13.6. The summed E-state index contributed by atoms with van der Waals surface area (Å²) in [6.07, 6.45) is -5.17. The van der Waals surface area contributed by atoms with E-state index in [1.807, 2.05) is 0 Å². The molecule has 1 rings (SSSR count). The second-order valence-corrected chi connectivity index (χ2v) is 4.66. The summed E-state index contributed by atoms with van der Waals surface area (Å²) in [5.74, 6) is -0.0482. The highest BCUT2D eigenvalue weighted by atomic mass is 127. The molecule has 1 N–H and O–H groups in total. The van der Waals surface area contributed by atoms with Gasteiger partial charge in [-0.2, -0.15) is 13.2 Å². The van der Waals surface area contributed by atoms with Crippen LogP contribution in [0.5, 0.6) is 5.75 Å². The molecule has 0 heterocycles. The van der Waals surface area contributed by atoms with Gasteiger partial charge in [-0.3, -0.25) is 4.99 Å². The fraction of sp³-hybridized carbons (Fsp3) is 0.500. The maximum Gasteiger partial charge on any atom is 0.390 e. The van der Waals surface area contributed by atoms with E-state index >= 15 is 0 Å². The van der Waals surface area contributed by atoms with Crippen LogP contribution >= 0.6 is 24.0 Å². The fourth-order valence-electron chi connectivity index (χ4n) is 1.86. The van der Waals surface area contributed by atoms with Gasteiger partial charge in [-0.25, -0.2) is 4.39 Å². The Kier molecular flexibility index (Phi) is 9.25. The lowest BCUT2D eigenvalue weighted by atomic mass is 10.2. The van der Waals surface area contributed by atoms with Crippen molar-refractivity contribution in [1.29, 1.82) is 0 Å². The third-order valence-electron chi connectivity index (χ3n) is 2.90. The molecule has 0 amide bonds. The molecule has 0 atom stereocenters. The monoisotopic (exact) mass is 449 g/mol. The zero-order valence-electron chi connectivity index (χ0n) is 13.1. The average molecular weight is 449 g/mol. The van der Waals surface area contributed by atoms with Crippen LogP contribution in [0.4, 0.5) is 17.6 Å². The summed E-state index contributed by atoms with van der Waals surface area (Å²) in [7, 11) is 4.50. The number of alkyl halides is 3. The average Bonchev–Trinajstić information content (AvgIpc) is 2.42. The van der Waals surface area contributed by atoms with Crippen molar-refractivity contribution in [3.8, 4) is 5.75 Å². The van der Waals surface area contributed by atoms with Crippen LogP contribution in [-0.4, -0.2) is 44.8 Å². The smallest absolute Gasteiger partial charge is 0.390 e. The Morgan fingerprint density at radius 2 is 2.00 bits per heavy atom. The molecule has 132 valence electrons. The SMILES string of the molecule is CN=C(NCCC(F)(F)F)N(C)Cc1ccc(OC)c(F)c1.I. The molecule has 1 aromatic carbocycles. The van der Waals surface area contributed by atoms with Crippen LogP contribution < -0.4 is 10.1 Å². The van der Waals surface area contributed by atoms with E-state index in [-0.39, 0.29) is 36.3 Å². The van der Waals surface area contributed by atoms with E-state index in [0.29, 0.717) is 18.1 Å². The number of benzene rings is 1. The number of nitrogens with zero attached hydrogens (tertiary/aromatic N) is 2. The first-order valence-electron chi connectivity index (χ1n) is 6.57. The van der Waals surface area contributed by atoms with Gasteiger partial charge in [0.25, 0.3) is 0 Å². The van der Waals surface area contributed by atoms with E-state index in [0.717, 1.165) is 0 Å². The largest absolute Gasteiger partial charge is 0.494 e. The molecule has 0 saturated carbocycles. The number of ether oxygens (including phenoxy) is 1. The number of methoxy groups -OCH3 is 1. The topological polar surface area (TPSA) is 36.9 Å². The van der Waals surface area contributed by atoms with Crippen LogP contribution in [-0.2, 0) is 6.54 Å². The highest BCUT2D eigenvalue weighted by Gasteiger charge is 2.26. The number of guanidine groups is 1. The van der Waals surface area contributed by atoms with Crippen molar-refractivity contribution in [1.82, 2.24) is 10.2 Å². The fourth-order valence-corrected chi connectivity index (χ4v) is 1.86. The van der Waals surface area contributed by atoms with Crippen molar-refractivity contribution in [3.05, 3.63) is 29.6 Å². The molecule has 0 aliphatic rings. The number of rotatable bonds is 5. The minimum Gasteiger partial charge on any atom is -0.494 e. The van der Waals surface area contributed by atoms with E-state index in [4.69, 9.17) is 4.74 Å². The molecule has 0 unspecified atom stereocenters. The van der Waals surface area contributed by atoms with E-state index in [2.05, 4.69) is 10.3 Å². The van der Waals surface area contributed by atoms with E-state index in [1.165, 1.54) is 26.3 Å². The van der Waals surface area contributed by atoms with E-state index in [9.17, 15) is 17.6 Å². The molecule has 4 nitrogen and oxygen atoms in total. The van der Waals surface area contributed by atoms with Crippen molar-refractivity contribution in [2.45, 2.75) is 19.1 Å². The molecule has 0 aromatic heterocycles. The second-order valence-electron chi connectivity index (χ2n) is 4.66. The number of hydrogen-bond donors (Lipinski definition) is 1. The summed E-state index contributed by atoms with van der Waals surface area (Å²) in [6.45, 7) is 0.0318. The second kappa shape index (κ2) is 9.78. The Morgan fingerprint density at radius 1 is 1.35 bits per heavy atom. The minimum absolute atomic E-state index is 0. The molecule has 0 spiro atoms. The van der Waals surface area contributed by atoms with Crippen molar-refractivity contribution >= 4 is 29.9 Å². The lowest BCUT2D eigenvalue weighted by Crippen LogP contribution is -2.39. The van der Waals surface area contributed by atoms with Gasteiger partial charge in [0, 0.05) is 27.2 Å². The predicted molar refractivity (Wildman–Crippen MR) is 91.9 cm³/mol. The summed E-state index contributed by atoms with van der Waals surface area (Å²) in [4.78, 5) is 5.51. The van der Waals surface area contributed by atoms with Gasteiger partial charge in [0.15, 0.2) is 17.5 Å². The predicted octanol–water partition coefficient (Wildman–Crippen LogP) is 3.41. The van der Waals surface area contributed by atoms with Crippen LogP contribution in [0, 0.1) is 5.82 Å². The van der Waals surface area contributed by atoms with E-state index in [1.54, 1.807) is 18.0 Å². The quantitative estimate of drug-likeness (QED) is 0.324. The van der Waals surface area contributed by atoms with E-state index < -0.39 is 18.4 Å². The van der Waals surface area contributed by atoms with Gasteiger partial charge in [-0.15, -0.1) is 24.0 Å². The Labute approximate surface area is 149 Å². The summed E-state index contributed by atoms with van der Waals surface area (Å²) in [6, 6.07) is 4.50. The number of aliphatic imine (C=N–C) groups is 1. The molecule has 0 radical (unpaired) electrons. The zero-order valence-corrected chi connectivity index (χ0v) is 15.4. The molecule has 0 aliphatic carbocycles. The molecule has 0 bridgehead atoms. The molecule has 0 fully saturated rings. The van der Waals surface area contributed by atoms with Crippen LogP contribution in [0.25, 0.3) is 0 Å². The Balaban J connectivity index is 0.00000484. The first-order chi connectivity index (χ1) is 10.3. The van der Waals surface area contributed by atoms with Crippen molar-refractivity contribution in [2.24, 2.45) is 4.99 Å². The molecule has 0 aliphatic heterocycles. The standard InChI is InChI=1S/C14H19F4N3O.HI/c1-19-13(20-7-6-14(16,17)18)21(2)9-10-4-5-12(22-3)11(15)8-10;/h4-5,8H,6-7,9H2,1-3H3,(H,19,20);1H. The molecule has 9 heteroatoms. The summed E-state index contributed by atoms with van der Waals surface area (Å²) in [5.41, 5.74) is 0.652. The lowest BCUT2D eigenvalue weighted by Gasteiger charge is -2.22. The van der Waals surface area contributed by atoms with Crippen LogP contribution in [0.3, 0.4) is 0 Å². The Bertz CT molecular complexity index is 523. The van der Waals surface area contributed by atoms with Crippen LogP contribution in [0.1, 0.15) is 12.0 Å². The highest BCUT2D eigenvalue weighted by molar-refractivity contribution is 14.0. The van der Waals surface area contributed by atoms with Gasteiger partial charge < -0.3 is 15.0 Å². The highest BCUT2D eigenvalue weighted by Crippen LogP contribution is 2.19. The van der Waals surface area contributed by atoms with Crippen molar-refractivity contribution in [2.75, 3.05) is 27.7 Å². The van der Waals surface area contributed by atoms with Crippen molar-refractivity contribution < 1.29 is 22.3 Å². The van der Waals surface area contributed by atoms with Crippen molar-refractivity contribution in [3.63, 3.8) is 0 Å². The maximum absolute atomic E-state index is 13.6. The zero-order chi connectivity index (χ0) is 16.8. The third-order valence-corrected chi connectivity index (χ3v) is 2.90. The Hall–Kier alpha value is -1.26. The van der Waals surface area contributed by atoms with Gasteiger partial charge in [0.2, 0.25) is 0 Å². The molecule has 23 heavy (non-hydrogen) atoms. The van der Waals surface area contributed by atoms with Gasteiger partial charge in [0.05, 0.1) is 13.5 Å². The molecular weight excluding hydrogens is 429 g/mol. The van der Waals surface area contributed by atoms with Gasteiger partial charge in [-0.05, 0) is 17.7 Å². The normalized spacial score (nSPS) is 11.7. The van der Waals surface area contributed by atoms with Gasteiger partial charge >= 0.3 is 6.18 Å². The summed E-state index contributed by atoms with van der Waals surface area (Å²) < 4.78 is 54.8. The molecule has 0 saturated heterocycles. The minimum atomic E-state index is -4.22. The first-order valence-corrected chi connectivity index (χ1v) is 6.57. The summed E-state index contributed by atoms with van der Waals surface area (Å²) >= 11 is 0. The van der Waals surface area contributed by atoms with Gasteiger partial charge in [-0.1, -0.05) is 6.07 Å². The van der Waals surface area contributed by atoms with Gasteiger partial charge in [0.1, 0.15) is 0 Å².